The first-order valence-electron chi connectivity index (χ1n) is 10.1. The first-order chi connectivity index (χ1) is 14.0. The van der Waals surface area contributed by atoms with E-state index in [4.69, 9.17) is 9.47 Å². The number of H-pyrrole nitrogens is 1. The van der Waals surface area contributed by atoms with Crippen molar-refractivity contribution in [3.8, 4) is 11.5 Å². The topological polar surface area (TPSA) is 63.4 Å². The molecule has 2 aromatic carbocycles. The van der Waals surface area contributed by atoms with Gasteiger partial charge in [0.05, 0.1) is 14.2 Å². The Labute approximate surface area is 172 Å². The number of nitrogens with one attached hydrogen (secondary N) is 2. The molecule has 5 heteroatoms. The number of ether oxygens (including phenoxy) is 2. The SMILES string of the molecule is CCc1cccc2c(C(CC(=O)NC(C)C)c3ccc(OC)c(OC)c3)c[nH]c12. The average molecular weight is 395 g/mol. The molecule has 0 bridgehead atoms. The fourth-order valence-corrected chi connectivity index (χ4v) is 3.86. The van der Waals surface area contributed by atoms with Gasteiger partial charge in [0.25, 0.3) is 0 Å². The summed E-state index contributed by atoms with van der Waals surface area (Å²) in [5, 5.41) is 4.18. The second kappa shape index (κ2) is 9.03. The van der Waals surface area contributed by atoms with Gasteiger partial charge in [0.15, 0.2) is 11.5 Å². The molecule has 0 saturated heterocycles. The van der Waals surface area contributed by atoms with Gasteiger partial charge in [0.2, 0.25) is 5.91 Å². The number of rotatable bonds is 8. The highest BCUT2D eigenvalue weighted by Gasteiger charge is 2.23. The van der Waals surface area contributed by atoms with E-state index < -0.39 is 0 Å². The smallest absolute Gasteiger partial charge is 0.221 e. The number of hydrogen-bond acceptors (Lipinski definition) is 3. The molecule has 1 heterocycles. The van der Waals surface area contributed by atoms with Crippen LogP contribution in [-0.2, 0) is 11.2 Å². The highest BCUT2D eigenvalue weighted by atomic mass is 16.5. The maximum absolute atomic E-state index is 12.7. The zero-order valence-corrected chi connectivity index (χ0v) is 17.8. The Morgan fingerprint density at radius 3 is 2.52 bits per heavy atom. The van der Waals surface area contributed by atoms with Crippen LogP contribution in [0, 0.1) is 0 Å². The standard InChI is InChI=1S/C24H30N2O3/c1-6-16-8-7-9-18-20(14-25-24(16)18)19(13-23(27)26-15(2)3)17-10-11-21(28-4)22(12-17)29-5/h7-12,14-15,19,25H,6,13H2,1-5H3,(H,26,27). The highest BCUT2D eigenvalue weighted by molar-refractivity contribution is 5.88. The normalized spacial score (nSPS) is 12.2. The Morgan fingerprint density at radius 1 is 1.10 bits per heavy atom. The highest BCUT2D eigenvalue weighted by Crippen LogP contribution is 2.38. The van der Waals surface area contributed by atoms with Gasteiger partial charge in [-0.15, -0.1) is 0 Å². The number of carbonyl (C=O) groups is 1. The molecule has 0 aliphatic rings. The number of amides is 1. The van der Waals surface area contributed by atoms with Crippen molar-refractivity contribution in [2.24, 2.45) is 0 Å². The molecule has 3 aromatic rings. The largest absolute Gasteiger partial charge is 0.493 e. The first kappa shape index (κ1) is 20.8. The van der Waals surface area contributed by atoms with Crippen LogP contribution in [0.5, 0.6) is 11.5 Å². The van der Waals surface area contributed by atoms with Crippen LogP contribution in [0.4, 0.5) is 0 Å². The summed E-state index contributed by atoms with van der Waals surface area (Å²) < 4.78 is 10.9. The van der Waals surface area contributed by atoms with E-state index in [0.717, 1.165) is 28.5 Å². The minimum absolute atomic E-state index is 0.0285. The van der Waals surface area contributed by atoms with Crippen molar-refractivity contribution in [2.75, 3.05) is 14.2 Å². The van der Waals surface area contributed by atoms with E-state index in [9.17, 15) is 4.79 Å². The van der Waals surface area contributed by atoms with Crippen LogP contribution in [0.15, 0.2) is 42.6 Å². The summed E-state index contributed by atoms with van der Waals surface area (Å²) in [5.41, 5.74) is 4.54. The van der Waals surface area contributed by atoms with Crippen molar-refractivity contribution in [3.63, 3.8) is 0 Å². The third kappa shape index (κ3) is 4.39. The number of aryl methyl sites for hydroxylation is 1. The van der Waals surface area contributed by atoms with Crippen LogP contribution in [-0.4, -0.2) is 31.2 Å². The second-order valence-electron chi connectivity index (χ2n) is 7.53. The van der Waals surface area contributed by atoms with Crippen LogP contribution in [0.3, 0.4) is 0 Å². The Morgan fingerprint density at radius 2 is 1.86 bits per heavy atom. The molecule has 0 spiro atoms. The second-order valence-corrected chi connectivity index (χ2v) is 7.53. The molecule has 1 unspecified atom stereocenters. The van der Waals surface area contributed by atoms with Crippen molar-refractivity contribution < 1.29 is 14.3 Å². The first-order valence-corrected chi connectivity index (χ1v) is 10.1. The quantitative estimate of drug-likeness (QED) is 0.577. The van der Waals surface area contributed by atoms with Gasteiger partial charge in [-0.2, -0.15) is 0 Å². The number of fused-ring (bicyclic) bond motifs is 1. The molecule has 29 heavy (non-hydrogen) atoms. The maximum atomic E-state index is 12.7. The van der Waals surface area contributed by atoms with Crippen molar-refractivity contribution in [3.05, 3.63) is 59.3 Å². The fourth-order valence-electron chi connectivity index (χ4n) is 3.86. The summed E-state index contributed by atoms with van der Waals surface area (Å²) in [5.74, 6) is 1.26. The summed E-state index contributed by atoms with van der Waals surface area (Å²) in [6, 6.07) is 12.3. The number of carbonyl (C=O) groups excluding carboxylic acids is 1. The van der Waals surface area contributed by atoms with Crippen molar-refractivity contribution >= 4 is 16.8 Å². The van der Waals surface area contributed by atoms with Crippen molar-refractivity contribution in [1.29, 1.82) is 0 Å². The lowest BCUT2D eigenvalue weighted by Crippen LogP contribution is -2.31. The van der Waals surface area contributed by atoms with Crippen LogP contribution in [0.1, 0.15) is 49.8 Å². The van der Waals surface area contributed by atoms with E-state index in [1.165, 1.54) is 5.56 Å². The van der Waals surface area contributed by atoms with Crippen molar-refractivity contribution in [2.45, 2.75) is 45.6 Å². The molecule has 0 fully saturated rings. The molecular weight excluding hydrogens is 364 g/mol. The molecule has 2 N–H and O–H groups in total. The molecule has 154 valence electrons. The summed E-state index contributed by atoms with van der Waals surface area (Å²) in [4.78, 5) is 16.1. The van der Waals surface area contributed by atoms with Crippen LogP contribution in [0.25, 0.3) is 10.9 Å². The molecule has 5 nitrogen and oxygen atoms in total. The molecule has 0 radical (unpaired) electrons. The van der Waals surface area contributed by atoms with Gasteiger partial charge in [0.1, 0.15) is 0 Å². The van der Waals surface area contributed by atoms with E-state index in [2.05, 4.69) is 35.4 Å². The summed E-state index contributed by atoms with van der Waals surface area (Å²) >= 11 is 0. The van der Waals surface area contributed by atoms with Crippen LogP contribution < -0.4 is 14.8 Å². The maximum Gasteiger partial charge on any atom is 0.221 e. The van der Waals surface area contributed by atoms with E-state index >= 15 is 0 Å². The number of aromatic nitrogens is 1. The van der Waals surface area contributed by atoms with Gasteiger partial charge in [-0.1, -0.05) is 31.2 Å². The Kier molecular flexibility index (Phi) is 6.47. The number of methoxy groups -OCH3 is 2. The number of benzene rings is 2. The number of hydrogen-bond donors (Lipinski definition) is 2. The fraction of sp³-hybridized carbons (Fsp3) is 0.375. The molecule has 3 rings (SSSR count). The minimum Gasteiger partial charge on any atom is -0.493 e. The third-order valence-electron chi connectivity index (χ3n) is 5.24. The molecule has 0 aliphatic heterocycles. The Bertz CT molecular complexity index is 991. The van der Waals surface area contributed by atoms with E-state index in [0.29, 0.717) is 17.9 Å². The van der Waals surface area contributed by atoms with Crippen LogP contribution >= 0.6 is 0 Å². The molecular formula is C24H30N2O3. The number of aromatic amines is 1. The van der Waals surface area contributed by atoms with Gasteiger partial charge in [-0.05, 0) is 49.1 Å². The van der Waals surface area contributed by atoms with Gasteiger partial charge >= 0.3 is 0 Å². The lowest BCUT2D eigenvalue weighted by molar-refractivity contribution is -0.121. The van der Waals surface area contributed by atoms with Crippen molar-refractivity contribution in [1.82, 2.24) is 10.3 Å². The van der Waals surface area contributed by atoms with Gasteiger partial charge in [-0.25, -0.2) is 0 Å². The summed E-state index contributed by atoms with van der Waals surface area (Å²) in [6.45, 7) is 6.10. The molecule has 0 saturated carbocycles. The number of para-hydroxylation sites is 1. The van der Waals surface area contributed by atoms with Gasteiger partial charge < -0.3 is 19.8 Å². The molecule has 1 atom stereocenters. The molecule has 1 aromatic heterocycles. The lowest BCUT2D eigenvalue weighted by Gasteiger charge is -2.20. The van der Waals surface area contributed by atoms with E-state index in [-0.39, 0.29) is 17.9 Å². The summed E-state index contributed by atoms with van der Waals surface area (Å²) in [6.07, 6.45) is 3.34. The van der Waals surface area contributed by atoms with Gasteiger partial charge in [0, 0.05) is 35.5 Å². The van der Waals surface area contributed by atoms with Crippen LogP contribution in [0.2, 0.25) is 0 Å². The predicted octanol–water partition coefficient (Wildman–Crippen LogP) is 4.79. The van der Waals surface area contributed by atoms with E-state index in [1.807, 2.05) is 38.2 Å². The molecule has 1 amide bonds. The van der Waals surface area contributed by atoms with E-state index in [1.54, 1.807) is 14.2 Å². The summed E-state index contributed by atoms with van der Waals surface area (Å²) in [7, 11) is 3.25. The third-order valence-corrected chi connectivity index (χ3v) is 5.24. The Balaban J connectivity index is 2.10. The zero-order chi connectivity index (χ0) is 21.0. The average Bonchev–Trinajstić information content (AvgIpc) is 3.15. The predicted molar refractivity (Wildman–Crippen MR) is 117 cm³/mol. The molecule has 0 aliphatic carbocycles. The monoisotopic (exact) mass is 394 g/mol. The lowest BCUT2D eigenvalue weighted by atomic mass is 9.87. The minimum atomic E-state index is -0.102. The van der Waals surface area contributed by atoms with Gasteiger partial charge in [-0.3, -0.25) is 4.79 Å². The Hall–Kier alpha value is -2.95. The zero-order valence-electron chi connectivity index (χ0n) is 17.8.